The van der Waals surface area contributed by atoms with Crippen molar-refractivity contribution in [2.24, 2.45) is 5.73 Å². The van der Waals surface area contributed by atoms with Crippen LogP contribution in [0.25, 0.3) is 0 Å². The minimum Gasteiger partial charge on any atom is -0.375 e. The van der Waals surface area contributed by atoms with E-state index in [0.29, 0.717) is 6.04 Å². The van der Waals surface area contributed by atoms with Gasteiger partial charge in [-0.3, -0.25) is 0 Å². The van der Waals surface area contributed by atoms with E-state index in [1.165, 1.54) is 44.9 Å². The van der Waals surface area contributed by atoms with E-state index >= 15 is 0 Å². The van der Waals surface area contributed by atoms with Crippen molar-refractivity contribution in [3.8, 4) is 0 Å². The summed E-state index contributed by atoms with van der Waals surface area (Å²) in [6.07, 6.45) is 11.5. The Balaban J connectivity index is 1.95. The van der Waals surface area contributed by atoms with Crippen LogP contribution in [0.2, 0.25) is 0 Å². The third-order valence-electron chi connectivity index (χ3n) is 3.80. The van der Waals surface area contributed by atoms with Crippen LogP contribution in [0.5, 0.6) is 0 Å². The lowest BCUT2D eigenvalue weighted by Crippen LogP contribution is -2.45. The smallest absolute Gasteiger partial charge is 0.0697 e. The summed E-state index contributed by atoms with van der Waals surface area (Å²) in [5.41, 5.74) is 6.23. The second kappa shape index (κ2) is 4.63. The van der Waals surface area contributed by atoms with Crippen LogP contribution in [0.1, 0.15) is 57.8 Å². The van der Waals surface area contributed by atoms with Gasteiger partial charge in [-0.25, -0.2) is 0 Å². The van der Waals surface area contributed by atoms with Gasteiger partial charge in [0.25, 0.3) is 0 Å². The molecule has 1 aliphatic heterocycles. The fourth-order valence-electron chi connectivity index (χ4n) is 2.96. The summed E-state index contributed by atoms with van der Waals surface area (Å²) in [5, 5.41) is 0. The van der Waals surface area contributed by atoms with Crippen LogP contribution >= 0.6 is 0 Å². The zero-order chi connectivity index (χ0) is 9.86. The fraction of sp³-hybridized carbons (Fsp3) is 1.00. The van der Waals surface area contributed by atoms with E-state index in [9.17, 15) is 0 Å². The summed E-state index contributed by atoms with van der Waals surface area (Å²) in [6, 6.07) is 0.392. The molecule has 2 fully saturated rings. The first-order valence-corrected chi connectivity index (χ1v) is 6.20. The van der Waals surface area contributed by atoms with Gasteiger partial charge >= 0.3 is 0 Å². The van der Waals surface area contributed by atoms with E-state index in [-0.39, 0.29) is 5.60 Å². The molecule has 0 radical (unpaired) electrons. The first-order valence-electron chi connectivity index (χ1n) is 6.20. The predicted octanol–water partition coefficient (Wildman–Crippen LogP) is 2.61. The Morgan fingerprint density at radius 1 is 1.00 bits per heavy atom. The van der Waals surface area contributed by atoms with Gasteiger partial charge in [-0.2, -0.15) is 0 Å². The minimum absolute atomic E-state index is 0.179. The minimum atomic E-state index is 0.179. The molecule has 1 aliphatic carbocycles. The molecule has 1 saturated carbocycles. The highest BCUT2D eigenvalue weighted by Gasteiger charge is 2.35. The summed E-state index contributed by atoms with van der Waals surface area (Å²) in [7, 11) is 0. The number of hydrogen-bond acceptors (Lipinski definition) is 2. The Hall–Kier alpha value is -0.0800. The Morgan fingerprint density at radius 3 is 2.29 bits per heavy atom. The predicted molar refractivity (Wildman–Crippen MR) is 58.2 cm³/mol. The third-order valence-corrected chi connectivity index (χ3v) is 3.80. The largest absolute Gasteiger partial charge is 0.375 e. The molecule has 0 aromatic rings. The number of nitrogens with two attached hydrogens (primary N) is 1. The average Bonchev–Trinajstić information content (AvgIpc) is 2.12. The van der Waals surface area contributed by atoms with Gasteiger partial charge < -0.3 is 10.5 Å². The van der Waals surface area contributed by atoms with E-state index in [1.807, 2.05) is 0 Å². The molecular weight excluding hydrogens is 174 g/mol. The van der Waals surface area contributed by atoms with Gasteiger partial charge in [0.2, 0.25) is 0 Å². The molecule has 2 aliphatic rings. The number of rotatable bonds is 0. The standard InChI is InChI=1S/C12H23NO/c13-11-6-9-14-12(10-11)7-4-2-1-3-5-8-12/h11H,1-10,13H2. The summed E-state index contributed by atoms with van der Waals surface area (Å²) < 4.78 is 6.03. The molecule has 1 saturated heterocycles. The van der Waals surface area contributed by atoms with Crippen molar-refractivity contribution in [1.29, 1.82) is 0 Å². The molecule has 0 aromatic heterocycles. The molecule has 82 valence electrons. The SMILES string of the molecule is NC1CCOC2(CCCCCCC2)C1. The van der Waals surface area contributed by atoms with Crippen LogP contribution in [0, 0.1) is 0 Å². The highest BCUT2D eigenvalue weighted by molar-refractivity contribution is 4.89. The van der Waals surface area contributed by atoms with Crippen molar-refractivity contribution in [3.05, 3.63) is 0 Å². The molecule has 0 bridgehead atoms. The van der Waals surface area contributed by atoms with E-state index in [0.717, 1.165) is 19.4 Å². The Bertz CT molecular complexity index is 173. The van der Waals surface area contributed by atoms with Gasteiger partial charge in [0.1, 0.15) is 0 Å². The third kappa shape index (κ3) is 2.48. The second-order valence-electron chi connectivity index (χ2n) is 5.05. The molecule has 2 heteroatoms. The van der Waals surface area contributed by atoms with Crippen LogP contribution in [0.4, 0.5) is 0 Å². The molecule has 1 heterocycles. The van der Waals surface area contributed by atoms with Crippen LogP contribution in [0.15, 0.2) is 0 Å². The van der Waals surface area contributed by atoms with Crippen molar-refractivity contribution in [1.82, 2.24) is 0 Å². The van der Waals surface area contributed by atoms with Crippen molar-refractivity contribution in [2.75, 3.05) is 6.61 Å². The molecule has 2 rings (SSSR count). The maximum absolute atomic E-state index is 6.05. The molecule has 0 amide bonds. The molecule has 2 N–H and O–H groups in total. The Kier molecular flexibility index (Phi) is 3.45. The van der Waals surface area contributed by atoms with Gasteiger partial charge in [-0.05, 0) is 25.7 Å². The topological polar surface area (TPSA) is 35.2 Å². The lowest BCUT2D eigenvalue weighted by molar-refractivity contribution is -0.0987. The first kappa shape index (κ1) is 10.4. The maximum atomic E-state index is 6.05. The molecule has 1 unspecified atom stereocenters. The maximum Gasteiger partial charge on any atom is 0.0697 e. The molecule has 1 atom stereocenters. The Labute approximate surface area is 87.2 Å². The van der Waals surface area contributed by atoms with E-state index in [2.05, 4.69) is 0 Å². The molecule has 1 spiro atoms. The lowest BCUT2D eigenvalue weighted by atomic mass is 9.80. The van der Waals surface area contributed by atoms with Crippen molar-refractivity contribution >= 4 is 0 Å². The quantitative estimate of drug-likeness (QED) is 0.648. The Morgan fingerprint density at radius 2 is 1.64 bits per heavy atom. The summed E-state index contributed by atoms with van der Waals surface area (Å²) in [5.74, 6) is 0. The van der Waals surface area contributed by atoms with E-state index < -0.39 is 0 Å². The van der Waals surface area contributed by atoms with Gasteiger partial charge in [-0.15, -0.1) is 0 Å². The lowest BCUT2D eigenvalue weighted by Gasteiger charge is -2.41. The van der Waals surface area contributed by atoms with Crippen molar-refractivity contribution in [2.45, 2.75) is 69.4 Å². The molecular formula is C12H23NO. The highest BCUT2D eigenvalue weighted by atomic mass is 16.5. The monoisotopic (exact) mass is 197 g/mol. The van der Waals surface area contributed by atoms with Crippen LogP contribution in [0.3, 0.4) is 0 Å². The summed E-state index contributed by atoms with van der Waals surface area (Å²) >= 11 is 0. The van der Waals surface area contributed by atoms with E-state index in [4.69, 9.17) is 10.5 Å². The summed E-state index contributed by atoms with van der Waals surface area (Å²) in [6.45, 7) is 0.890. The van der Waals surface area contributed by atoms with Gasteiger partial charge in [0.05, 0.1) is 5.60 Å². The summed E-state index contributed by atoms with van der Waals surface area (Å²) in [4.78, 5) is 0. The average molecular weight is 197 g/mol. The zero-order valence-corrected chi connectivity index (χ0v) is 9.13. The fourth-order valence-corrected chi connectivity index (χ4v) is 2.96. The molecule has 2 nitrogen and oxygen atoms in total. The van der Waals surface area contributed by atoms with Crippen LogP contribution in [-0.2, 0) is 4.74 Å². The van der Waals surface area contributed by atoms with Crippen molar-refractivity contribution < 1.29 is 4.74 Å². The van der Waals surface area contributed by atoms with Gasteiger partial charge in [0, 0.05) is 12.6 Å². The van der Waals surface area contributed by atoms with Gasteiger partial charge in [-0.1, -0.05) is 32.1 Å². The number of hydrogen-bond donors (Lipinski definition) is 1. The molecule has 0 aromatic carbocycles. The van der Waals surface area contributed by atoms with E-state index in [1.54, 1.807) is 0 Å². The number of ether oxygens (including phenoxy) is 1. The van der Waals surface area contributed by atoms with Crippen LogP contribution < -0.4 is 5.73 Å². The second-order valence-corrected chi connectivity index (χ2v) is 5.05. The van der Waals surface area contributed by atoms with Crippen molar-refractivity contribution in [3.63, 3.8) is 0 Å². The van der Waals surface area contributed by atoms with Crippen LogP contribution in [-0.4, -0.2) is 18.2 Å². The highest BCUT2D eigenvalue weighted by Crippen LogP contribution is 2.36. The first-order chi connectivity index (χ1) is 6.81. The van der Waals surface area contributed by atoms with Gasteiger partial charge in [0.15, 0.2) is 0 Å². The normalized spacial score (nSPS) is 33.6. The zero-order valence-electron chi connectivity index (χ0n) is 9.13. The molecule has 14 heavy (non-hydrogen) atoms.